The minimum absolute atomic E-state index is 0.771. The first-order valence-electron chi connectivity index (χ1n) is 7.83. The molecule has 1 aliphatic heterocycles. The molecule has 0 spiro atoms. The van der Waals surface area contributed by atoms with Gasteiger partial charge in [0.2, 0.25) is 0 Å². The van der Waals surface area contributed by atoms with Crippen LogP contribution in [0.2, 0.25) is 0 Å². The van der Waals surface area contributed by atoms with Crippen LogP contribution in [-0.4, -0.2) is 24.6 Å². The second kappa shape index (κ2) is 6.23. The number of hydrogen-bond acceptors (Lipinski definition) is 4. The van der Waals surface area contributed by atoms with Gasteiger partial charge < -0.3 is 10.2 Å². The molecule has 3 rings (SSSR count). The Balaban J connectivity index is 1.71. The predicted molar refractivity (Wildman–Crippen MR) is 82.2 cm³/mol. The third kappa shape index (κ3) is 3.29. The fraction of sp³-hybridized carbons (Fsp3) is 0.800. The Morgan fingerprint density at radius 2 is 2.05 bits per heavy atom. The summed E-state index contributed by atoms with van der Waals surface area (Å²) < 4.78 is 0. The number of piperidine rings is 1. The lowest BCUT2D eigenvalue weighted by atomic mass is 10.1. The van der Waals surface area contributed by atoms with Crippen molar-refractivity contribution in [2.45, 2.75) is 57.9 Å². The molecule has 1 saturated carbocycles. The molecule has 0 aromatic carbocycles. The van der Waals surface area contributed by atoms with Crippen LogP contribution in [0.15, 0.2) is 0 Å². The van der Waals surface area contributed by atoms with Gasteiger partial charge in [-0.25, -0.2) is 4.98 Å². The van der Waals surface area contributed by atoms with Crippen molar-refractivity contribution < 1.29 is 0 Å². The lowest BCUT2D eigenvalue weighted by Crippen LogP contribution is -2.29. The van der Waals surface area contributed by atoms with Gasteiger partial charge in [0, 0.05) is 30.4 Å². The van der Waals surface area contributed by atoms with Gasteiger partial charge in [0.05, 0.1) is 5.69 Å². The normalized spacial score (nSPS) is 19.9. The molecule has 1 saturated heterocycles. The number of nitrogens with one attached hydrogen (secondary N) is 1. The monoisotopic (exact) mass is 279 g/mol. The van der Waals surface area contributed by atoms with Gasteiger partial charge in [0.25, 0.3) is 0 Å². The standard InChI is InChI=1S/C15H25N3S/c1-2-8-16-11-13-14(12-6-7-12)17-15(19-13)18-9-4-3-5-10-18/h12,16H,2-11H2,1H3. The Morgan fingerprint density at radius 1 is 1.26 bits per heavy atom. The number of rotatable bonds is 6. The Hall–Kier alpha value is -0.610. The lowest BCUT2D eigenvalue weighted by Gasteiger charge is -2.25. The lowest BCUT2D eigenvalue weighted by molar-refractivity contribution is 0.576. The molecule has 2 heterocycles. The van der Waals surface area contributed by atoms with Gasteiger partial charge >= 0.3 is 0 Å². The van der Waals surface area contributed by atoms with Gasteiger partial charge in [-0.05, 0) is 45.1 Å². The molecule has 0 radical (unpaired) electrons. The van der Waals surface area contributed by atoms with Gasteiger partial charge in [0.1, 0.15) is 0 Å². The Kier molecular flexibility index (Phi) is 4.38. The highest BCUT2D eigenvalue weighted by atomic mass is 32.1. The van der Waals surface area contributed by atoms with E-state index in [0.29, 0.717) is 0 Å². The first-order valence-corrected chi connectivity index (χ1v) is 8.65. The van der Waals surface area contributed by atoms with E-state index >= 15 is 0 Å². The molecule has 4 heteroatoms. The molecule has 2 aliphatic rings. The van der Waals surface area contributed by atoms with Crippen molar-refractivity contribution in [1.82, 2.24) is 10.3 Å². The third-order valence-electron chi connectivity index (χ3n) is 4.02. The molecule has 0 amide bonds. The highest BCUT2D eigenvalue weighted by Crippen LogP contribution is 2.44. The molecular formula is C15H25N3S. The summed E-state index contributed by atoms with van der Waals surface area (Å²) >= 11 is 1.94. The molecule has 0 bridgehead atoms. The third-order valence-corrected chi connectivity index (χ3v) is 5.15. The molecule has 1 aromatic rings. The largest absolute Gasteiger partial charge is 0.348 e. The molecule has 19 heavy (non-hydrogen) atoms. The van der Waals surface area contributed by atoms with E-state index in [1.807, 2.05) is 11.3 Å². The molecule has 106 valence electrons. The summed E-state index contributed by atoms with van der Waals surface area (Å²) in [5, 5.41) is 4.83. The van der Waals surface area contributed by atoms with Crippen LogP contribution in [0.25, 0.3) is 0 Å². The van der Waals surface area contributed by atoms with Crippen molar-refractivity contribution in [1.29, 1.82) is 0 Å². The Morgan fingerprint density at radius 3 is 2.74 bits per heavy atom. The van der Waals surface area contributed by atoms with Crippen LogP contribution in [0.3, 0.4) is 0 Å². The summed E-state index contributed by atoms with van der Waals surface area (Å²) in [6.07, 6.45) is 7.97. The van der Waals surface area contributed by atoms with Gasteiger partial charge in [-0.2, -0.15) is 0 Å². The average molecular weight is 279 g/mol. The molecule has 3 nitrogen and oxygen atoms in total. The van der Waals surface area contributed by atoms with Crippen molar-refractivity contribution in [3.05, 3.63) is 10.6 Å². The number of thiazole rings is 1. The van der Waals surface area contributed by atoms with E-state index in [0.717, 1.165) is 19.0 Å². The summed E-state index contributed by atoms with van der Waals surface area (Å²) in [6.45, 7) is 6.77. The number of nitrogens with zero attached hydrogens (tertiary/aromatic N) is 2. The molecule has 1 N–H and O–H groups in total. The van der Waals surface area contributed by atoms with Crippen molar-refractivity contribution >= 4 is 16.5 Å². The average Bonchev–Trinajstić information content (AvgIpc) is 3.21. The highest BCUT2D eigenvalue weighted by molar-refractivity contribution is 7.15. The predicted octanol–water partition coefficient (Wildman–Crippen LogP) is 3.51. The molecule has 1 aliphatic carbocycles. The zero-order valence-electron chi connectivity index (χ0n) is 12.0. The maximum Gasteiger partial charge on any atom is 0.185 e. The summed E-state index contributed by atoms with van der Waals surface area (Å²) in [5.74, 6) is 0.771. The second-order valence-electron chi connectivity index (χ2n) is 5.80. The van der Waals surface area contributed by atoms with E-state index in [1.54, 1.807) is 0 Å². The highest BCUT2D eigenvalue weighted by Gasteiger charge is 2.30. The number of anilines is 1. The molecule has 0 atom stereocenters. The SMILES string of the molecule is CCCNCc1sc(N2CCCCC2)nc1C1CC1. The van der Waals surface area contributed by atoms with Crippen molar-refractivity contribution in [2.75, 3.05) is 24.5 Å². The summed E-state index contributed by atoms with van der Waals surface area (Å²) in [6, 6.07) is 0. The molecule has 2 fully saturated rings. The second-order valence-corrected chi connectivity index (χ2v) is 6.87. The van der Waals surface area contributed by atoms with Crippen LogP contribution < -0.4 is 10.2 Å². The fourth-order valence-corrected chi connectivity index (χ4v) is 3.92. The van der Waals surface area contributed by atoms with Gasteiger partial charge in [-0.15, -0.1) is 11.3 Å². The number of hydrogen-bond donors (Lipinski definition) is 1. The van der Waals surface area contributed by atoms with Crippen LogP contribution in [-0.2, 0) is 6.54 Å². The minimum atomic E-state index is 0.771. The first-order chi connectivity index (χ1) is 9.38. The Bertz CT molecular complexity index is 406. The summed E-state index contributed by atoms with van der Waals surface area (Å²) in [5.41, 5.74) is 1.41. The van der Waals surface area contributed by atoms with Gasteiger partial charge in [-0.1, -0.05) is 6.92 Å². The Labute approximate surface area is 120 Å². The van der Waals surface area contributed by atoms with E-state index in [2.05, 4.69) is 17.1 Å². The first kappa shape index (κ1) is 13.4. The minimum Gasteiger partial charge on any atom is -0.348 e. The van der Waals surface area contributed by atoms with Crippen LogP contribution in [0.4, 0.5) is 5.13 Å². The van der Waals surface area contributed by atoms with Crippen molar-refractivity contribution in [2.24, 2.45) is 0 Å². The maximum absolute atomic E-state index is 4.98. The van der Waals surface area contributed by atoms with Gasteiger partial charge in [-0.3, -0.25) is 0 Å². The smallest absolute Gasteiger partial charge is 0.185 e. The zero-order valence-corrected chi connectivity index (χ0v) is 12.8. The number of aromatic nitrogens is 1. The van der Waals surface area contributed by atoms with Crippen LogP contribution in [0, 0.1) is 0 Å². The molecular weight excluding hydrogens is 254 g/mol. The van der Waals surface area contributed by atoms with Gasteiger partial charge in [0.15, 0.2) is 5.13 Å². The van der Waals surface area contributed by atoms with Crippen LogP contribution in [0.5, 0.6) is 0 Å². The zero-order chi connectivity index (χ0) is 13.1. The summed E-state index contributed by atoms with van der Waals surface area (Å²) in [7, 11) is 0. The fourth-order valence-electron chi connectivity index (χ4n) is 2.75. The van der Waals surface area contributed by atoms with Crippen LogP contribution >= 0.6 is 11.3 Å². The van der Waals surface area contributed by atoms with E-state index in [4.69, 9.17) is 4.98 Å². The van der Waals surface area contributed by atoms with E-state index in [9.17, 15) is 0 Å². The molecule has 1 aromatic heterocycles. The van der Waals surface area contributed by atoms with Crippen molar-refractivity contribution in [3.63, 3.8) is 0 Å². The van der Waals surface area contributed by atoms with Crippen molar-refractivity contribution in [3.8, 4) is 0 Å². The van der Waals surface area contributed by atoms with Crippen LogP contribution in [0.1, 0.15) is 61.9 Å². The van der Waals surface area contributed by atoms with E-state index in [1.165, 1.54) is 67.3 Å². The van der Waals surface area contributed by atoms with E-state index < -0.39 is 0 Å². The summed E-state index contributed by atoms with van der Waals surface area (Å²) in [4.78, 5) is 8.98. The topological polar surface area (TPSA) is 28.2 Å². The quantitative estimate of drug-likeness (QED) is 0.808. The molecule has 0 unspecified atom stereocenters. The van der Waals surface area contributed by atoms with E-state index in [-0.39, 0.29) is 0 Å². The maximum atomic E-state index is 4.98.